The summed E-state index contributed by atoms with van der Waals surface area (Å²) in [5, 5.41) is 10.2. The van der Waals surface area contributed by atoms with Gasteiger partial charge in [0.05, 0.1) is 41.0 Å². The summed E-state index contributed by atoms with van der Waals surface area (Å²) in [5.74, 6) is -2.44. The molecule has 168 valence electrons. The monoisotopic (exact) mass is 465 g/mol. The first-order valence-electron chi connectivity index (χ1n) is 10.5. The van der Waals surface area contributed by atoms with Crippen LogP contribution in [-0.2, 0) is 19.1 Å². The number of hydrogen-bond donors (Lipinski definition) is 1. The van der Waals surface area contributed by atoms with Crippen molar-refractivity contribution in [3.05, 3.63) is 64.7 Å². The first-order valence-corrected chi connectivity index (χ1v) is 11.4. The van der Waals surface area contributed by atoms with E-state index in [0.29, 0.717) is 16.7 Å². The van der Waals surface area contributed by atoms with E-state index in [9.17, 15) is 19.5 Å². The molecule has 1 saturated heterocycles. The van der Waals surface area contributed by atoms with Gasteiger partial charge >= 0.3 is 11.9 Å². The minimum Gasteiger partial charge on any atom is -0.417 e. The SMILES string of the molecule is C[C@@H](O)[C@H]1C(=O)N2C(C(=O)OC3OC(=O)c4ccccc43)=C(c3cn4cncc4s3)[C@H](C)[C@H]12. The van der Waals surface area contributed by atoms with Crippen LogP contribution in [0.4, 0.5) is 0 Å². The lowest BCUT2D eigenvalue weighted by Gasteiger charge is -2.46. The summed E-state index contributed by atoms with van der Waals surface area (Å²) in [4.78, 5) is 45.8. The second-order valence-corrected chi connectivity index (χ2v) is 9.54. The molecule has 0 radical (unpaired) electrons. The largest absolute Gasteiger partial charge is 0.417 e. The van der Waals surface area contributed by atoms with Crippen LogP contribution in [0, 0.1) is 11.8 Å². The molecule has 1 N–H and O–H groups in total. The lowest BCUT2D eigenvalue weighted by Crippen LogP contribution is -2.63. The molecule has 3 aromatic rings. The number of imidazole rings is 1. The molecule has 1 fully saturated rings. The van der Waals surface area contributed by atoms with Gasteiger partial charge < -0.3 is 19.5 Å². The molecular weight excluding hydrogens is 446 g/mol. The molecule has 5 atom stereocenters. The molecule has 33 heavy (non-hydrogen) atoms. The molecule has 6 rings (SSSR count). The molecule has 0 aliphatic carbocycles. The number of aromatic nitrogens is 2. The summed E-state index contributed by atoms with van der Waals surface area (Å²) in [7, 11) is 0. The highest BCUT2D eigenvalue weighted by atomic mass is 32.1. The number of esters is 2. The van der Waals surface area contributed by atoms with Gasteiger partial charge in [-0.25, -0.2) is 14.6 Å². The maximum Gasteiger partial charge on any atom is 0.358 e. The van der Waals surface area contributed by atoms with Gasteiger partial charge in [-0.1, -0.05) is 25.1 Å². The number of β-lactam (4-membered cyclic amide) rings is 1. The summed E-state index contributed by atoms with van der Waals surface area (Å²) >= 11 is 1.45. The minimum absolute atomic E-state index is 0.132. The fraction of sp³-hybridized carbons (Fsp3) is 0.304. The number of cyclic esters (lactones) is 1. The number of carbonyl (C=O) groups excluding carboxylic acids is 3. The average Bonchev–Trinajstić information content (AvgIpc) is 3.49. The van der Waals surface area contributed by atoms with Crippen LogP contribution in [0.25, 0.3) is 10.4 Å². The van der Waals surface area contributed by atoms with Crippen molar-refractivity contribution >= 4 is 39.6 Å². The van der Waals surface area contributed by atoms with Gasteiger partial charge in [-0.15, -0.1) is 11.3 Å². The van der Waals surface area contributed by atoms with E-state index in [1.165, 1.54) is 16.2 Å². The van der Waals surface area contributed by atoms with E-state index in [1.807, 2.05) is 17.5 Å². The van der Waals surface area contributed by atoms with Crippen molar-refractivity contribution in [2.45, 2.75) is 32.3 Å². The molecule has 10 heteroatoms. The Balaban J connectivity index is 1.42. The van der Waals surface area contributed by atoms with Gasteiger partial charge in [0.1, 0.15) is 10.5 Å². The standard InChI is InChI=1S/C23H19N3O6S/c1-10-16(14-8-25-9-24-7-15(25)33-14)19(26-18(10)17(11(2)27)20(26)28)22(30)32-23-13-6-4-3-5-12(13)21(29)31-23/h3-11,17-18,23,27H,1-2H3/t10-,11+,17+,18+,23?/m0/s1. The Labute approximate surface area is 191 Å². The number of carbonyl (C=O) groups is 3. The third-order valence-corrected chi connectivity index (χ3v) is 7.67. The van der Waals surface area contributed by atoms with Gasteiger partial charge in [-0.05, 0) is 13.0 Å². The highest BCUT2D eigenvalue weighted by molar-refractivity contribution is 7.18. The van der Waals surface area contributed by atoms with Crippen LogP contribution in [0.1, 0.15) is 40.9 Å². The maximum atomic E-state index is 13.5. The summed E-state index contributed by atoms with van der Waals surface area (Å²) in [6.07, 6.45) is 3.23. The number of aliphatic hydroxyl groups excluding tert-OH is 1. The quantitative estimate of drug-likeness (QED) is 0.465. The third-order valence-electron chi connectivity index (χ3n) is 6.60. The third kappa shape index (κ3) is 2.74. The molecule has 1 amide bonds. The molecular formula is C23H19N3O6S. The minimum atomic E-state index is -1.18. The van der Waals surface area contributed by atoms with Crippen molar-refractivity contribution in [2.24, 2.45) is 11.8 Å². The van der Waals surface area contributed by atoms with Gasteiger partial charge in [0, 0.05) is 23.3 Å². The Bertz CT molecular complexity index is 1340. The Morgan fingerprint density at radius 1 is 1.30 bits per heavy atom. The number of fused-ring (bicyclic) bond motifs is 3. The number of benzene rings is 1. The zero-order chi connectivity index (χ0) is 23.0. The van der Waals surface area contributed by atoms with Gasteiger partial charge in [0.2, 0.25) is 5.91 Å². The van der Waals surface area contributed by atoms with Gasteiger partial charge in [-0.2, -0.15) is 0 Å². The number of aliphatic hydroxyl groups is 1. The number of amides is 1. The smallest absolute Gasteiger partial charge is 0.358 e. The maximum absolute atomic E-state index is 13.5. The van der Waals surface area contributed by atoms with Crippen LogP contribution in [0.3, 0.4) is 0 Å². The fourth-order valence-electron chi connectivity index (χ4n) is 5.09. The highest BCUT2D eigenvalue weighted by Gasteiger charge is 2.60. The Morgan fingerprint density at radius 2 is 2.09 bits per heavy atom. The second-order valence-electron chi connectivity index (χ2n) is 8.48. The van der Waals surface area contributed by atoms with Gasteiger partial charge in [0.15, 0.2) is 0 Å². The van der Waals surface area contributed by atoms with E-state index in [0.717, 1.165) is 9.71 Å². The lowest BCUT2D eigenvalue weighted by atomic mass is 9.77. The molecule has 0 bridgehead atoms. The molecule has 1 unspecified atom stereocenters. The molecule has 0 spiro atoms. The topological polar surface area (TPSA) is 110 Å². The van der Waals surface area contributed by atoms with Crippen molar-refractivity contribution in [1.29, 1.82) is 0 Å². The van der Waals surface area contributed by atoms with Crippen molar-refractivity contribution < 1.29 is 29.0 Å². The van der Waals surface area contributed by atoms with Gasteiger partial charge in [0.25, 0.3) is 6.29 Å². The van der Waals surface area contributed by atoms with Crippen LogP contribution in [-0.4, -0.2) is 49.4 Å². The van der Waals surface area contributed by atoms with Crippen molar-refractivity contribution in [3.8, 4) is 0 Å². The van der Waals surface area contributed by atoms with Crippen LogP contribution < -0.4 is 0 Å². The average molecular weight is 465 g/mol. The summed E-state index contributed by atoms with van der Waals surface area (Å²) < 4.78 is 12.8. The second kappa shape index (κ2) is 7.00. The molecule has 3 aliphatic heterocycles. The van der Waals surface area contributed by atoms with E-state index in [-0.39, 0.29) is 23.6 Å². The predicted octanol–water partition coefficient (Wildman–Crippen LogP) is 2.38. The fourth-order valence-corrected chi connectivity index (χ4v) is 6.20. The molecule has 3 aliphatic rings. The zero-order valence-corrected chi connectivity index (χ0v) is 18.5. The normalized spacial score (nSPS) is 26.8. The van der Waals surface area contributed by atoms with E-state index in [2.05, 4.69) is 4.98 Å². The Morgan fingerprint density at radius 3 is 2.85 bits per heavy atom. The zero-order valence-electron chi connectivity index (χ0n) is 17.7. The molecule has 9 nitrogen and oxygen atoms in total. The number of ether oxygens (including phenoxy) is 2. The molecule has 1 aromatic carbocycles. The van der Waals surface area contributed by atoms with Crippen molar-refractivity contribution in [3.63, 3.8) is 0 Å². The van der Waals surface area contributed by atoms with E-state index in [4.69, 9.17) is 9.47 Å². The van der Waals surface area contributed by atoms with Crippen LogP contribution in [0.2, 0.25) is 0 Å². The van der Waals surface area contributed by atoms with Crippen molar-refractivity contribution in [2.75, 3.05) is 0 Å². The van der Waals surface area contributed by atoms with Crippen LogP contribution in [0.5, 0.6) is 0 Å². The lowest BCUT2D eigenvalue weighted by molar-refractivity contribution is -0.173. The number of rotatable bonds is 4. The summed E-state index contributed by atoms with van der Waals surface area (Å²) in [6, 6.07) is 6.36. The van der Waals surface area contributed by atoms with Crippen LogP contribution in [0.15, 0.2) is 48.7 Å². The van der Waals surface area contributed by atoms with Crippen molar-refractivity contribution in [1.82, 2.24) is 14.3 Å². The number of hydrogen-bond acceptors (Lipinski definition) is 8. The number of nitrogens with zero attached hydrogens (tertiary/aromatic N) is 3. The Kier molecular flexibility index (Phi) is 4.27. The van der Waals surface area contributed by atoms with E-state index < -0.39 is 30.3 Å². The Hall–Kier alpha value is -3.50. The van der Waals surface area contributed by atoms with E-state index >= 15 is 0 Å². The highest BCUT2D eigenvalue weighted by Crippen LogP contribution is 2.52. The predicted molar refractivity (Wildman–Crippen MR) is 116 cm³/mol. The van der Waals surface area contributed by atoms with Gasteiger partial charge in [-0.3, -0.25) is 9.20 Å². The molecule has 2 aromatic heterocycles. The number of thiazole rings is 1. The van der Waals surface area contributed by atoms with E-state index in [1.54, 1.807) is 43.7 Å². The molecule has 0 saturated carbocycles. The molecule has 5 heterocycles. The summed E-state index contributed by atoms with van der Waals surface area (Å²) in [5.41, 5.74) is 1.62. The first kappa shape index (κ1) is 20.1. The first-order chi connectivity index (χ1) is 15.9. The summed E-state index contributed by atoms with van der Waals surface area (Å²) in [6.45, 7) is 3.52. The van der Waals surface area contributed by atoms with Crippen LogP contribution >= 0.6 is 11.3 Å².